The van der Waals surface area contributed by atoms with Gasteiger partial charge in [0.15, 0.2) is 0 Å². The zero-order chi connectivity index (χ0) is 18.8. The molecule has 3 atom stereocenters. The first-order valence-corrected chi connectivity index (χ1v) is 9.29. The highest BCUT2D eigenvalue weighted by atomic mass is 16.2. The van der Waals surface area contributed by atoms with Crippen LogP contribution < -0.4 is 16.4 Å². The van der Waals surface area contributed by atoms with Crippen molar-refractivity contribution in [3.8, 4) is 0 Å². The summed E-state index contributed by atoms with van der Waals surface area (Å²) in [5.41, 5.74) is 4.45. The van der Waals surface area contributed by atoms with Crippen LogP contribution in [0.3, 0.4) is 0 Å². The van der Waals surface area contributed by atoms with Crippen LogP contribution in [-0.4, -0.2) is 46.9 Å². The lowest BCUT2D eigenvalue weighted by molar-refractivity contribution is -0.137. The Kier molecular flexibility index (Phi) is 5.76. The molecule has 1 spiro atoms. The van der Waals surface area contributed by atoms with Crippen LogP contribution in [0.15, 0.2) is 0 Å². The third-order valence-electron chi connectivity index (χ3n) is 5.55. The second-order valence-electron chi connectivity index (χ2n) is 8.35. The maximum absolute atomic E-state index is 12.9. The topological polar surface area (TPSA) is 105 Å². The summed E-state index contributed by atoms with van der Waals surface area (Å²) in [6.07, 6.45) is 4.26. The monoisotopic (exact) mass is 352 g/mol. The van der Waals surface area contributed by atoms with Gasteiger partial charge in [0.05, 0.1) is 0 Å². The highest BCUT2D eigenvalue weighted by Gasteiger charge is 2.55. The molecule has 0 aromatic carbocycles. The number of nitrogens with two attached hydrogens (primary N) is 1. The van der Waals surface area contributed by atoms with Crippen molar-refractivity contribution in [1.82, 2.24) is 15.5 Å². The minimum atomic E-state index is -0.829. The quantitative estimate of drug-likeness (QED) is 0.628. The molecule has 0 aromatic heterocycles. The van der Waals surface area contributed by atoms with Gasteiger partial charge in [-0.2, -0.15) is 0 Å². The smallest absolute Gasteiger partial charge is 0.325 e. The molecule has 2 rings (SSSR count). The van der Waals surface area contributed by atoms with E-state index < -0.39 is 17.1 Å². The van der Waals surface area contributed by atoms with Gasteiger partial charge in [-0.15, -0.1) is 0 Å². The second-order valence-corrected chi connectivity index (χ2v) is 8.35. The average Bonchev–Trinajstić information content (AvgIpc) is 2.74. The van der Waals surface area contributed by atoms with E-state index in [2.05, 4.69) is 24.5 Å². The SMILES string of the molecule is CC(C)CC(C)(CN)NC(=O)CN1C(=O)NC2(CCCCC2C)C1=O. The molecule has 1 saturated carbocycles. The predicted molar refractivity (Wildman–Crippen MR) is 95.7 cm³/mol. The normalized spacial score (nSPS) is 29.0. The van der Waals surface area contributed by atoms with E-state index in [1.54, 1.807) is 0 Å². The number of amides is 4. The summed E-state index contributed by atoms with van der Waals surface area (Å²) < 4.78 is 0. The van der Waals surface area contributed by atoms with Crippen molar-refractivity contribution in [2.75, 3.05) is 13.1 Å². The molecule has 1 heterocycles. The van der Waals surface area contributed by atoms with Crippen LogP contribution in [0.2, 0.25) is 0 Å². The van der Waals surface area contributed by atoms with Gasteiger partial charge < -0.3 is 16.4 Å². The minimum absolute atomic E-state index is 0.0843. The molecule has 3 unspecified atom stereocenters. The number of carbonyl (C=O) groups is 3. The highest BCUT2D eigenvalue weighted by molar-refractivity contribution is 6.09. The third-order valence-corrected chi connectivity index (χ3v) is 5.55. The summed E-state index contributed by atoms with van der Waals surface area (Å²) in [6.45, 7) is 8.05. The number of hydrogen-bond acceptors (Lipinski definition) is 4. The zero-order valence-corrected chi connectivity index (χ0v) is 15.9. The summed E-state index contributed by atoms with van der Waals surface area (Å²) in [4.78, 5) is 38.7. The van der Waals surface area contributed by atoms with Crippen molar-refractivity contribution in [3.63, 3.8) is 0 Å². The van der Waals surface area contributed by atoms with E-state index in [0.717, 1.165) is 30.6 Å². The van der Waals surface area contributed by atoms with Gasteiger partial charge in [0, 0.05) is 12.1 Å². The second kappa shape index (κ2) is 7.32. The Morgan fingerprint density at radius 2 is 2.12 bits per heavy atom. The van der Waals surface area contributed by atoms with Crippen LogP contribution in [0, 0.1) is 11.8 Å². The number of imide groups is 1. The number of urea groups is 1. The fourth-order valence-corrected chi connectivity index (χ4v) is 4.25. The van der Waals surface area contributed by atoms with E-state index in [9.17, 15) is 14.4 Å². The van der Waals surface area contributed by atoms with Crippen molar-refractivity contribution in [1.29, 1.82) is 0 Å². The van der Waals surface area contributed by atoms with Crippen molar-refractivity contribution in [2.45, 2.75) is 70.9 Å². The van der Waals surface area contributed by atoms with E-state index in [0.29, 0.717) is 18.9 Å². The van der Waals surface area contributed by atoms with E-state index in [4.69, 9.17) is 5.73 Å². The van der Waals surface area contributed by atoms with Crippen molar-refractivity contribution in [3.05, 3.63) is 0 Å². The van der Waals surface area contributed by atoms with Crippen LogP contribution in [0.5, 0.6) is 0 Å². The molecule has 0 radical (unpaired) electrons. The van der Waals surface area contributed by atoms with Gasteiger partial charge in [0.1, 0.15) is 12.1 Å². The molecule has 2 fully saturated rings. The van der Waals surface area contributed by atoms with Gasteiger partial charge in [-0.1, -0.05) is 33.6 Å². The molecule has 1 saturated heterocycles. The van der Waals surface area contributed by atoms with E-state index in [-0.39, 0.29) is 24.3 Å². The third kappa shape index (κ3) is 3.97. The average molecular weight is 352 g/mol. The largest absolute Gasteiger partial charge is 0.348 e. The first-order valence-electron chi connectivity index (χ1n) is 9.29. The molecule has 1 aliphatic carbocycles. The van der Waals surface area contributed by atoms with E-state index in [1.807, 2.05) is 13.8 Å². The van der Waals surface area contributed by atoms with Gasteiger partial charge >= 0.3 is 6.03 Å². The van der Waals surface area contributed by atoms with Crippen molar-refractivity contribution < 1.29 is 14.4 Å². The van der Waals surface area contributed by atoms with Gasteiger partial charge in [-0.25, -0.2) is 4.79 Å². The summed E-state index contributed by atoms with van der Waals surface area (Å²) in [7, 11) is 0. The van der Waals surface area contributed by atoms with E-state index in [1.165, 1.54) is 0 Å². The van der Waals surface area contributed by atoms with Gasteiger partial charge in [-0.05, 0) is 38.0 Å². The Morgan fingerprint density at radius 3 is 2.68 bits per heavy atom. The highest BCUT2D eigenvalue weighted by Crippen LogP contribution is 2.38. The van der Waals surface area contributed by atoms with Crippen LogP contribution in [0.4, 0.5) is 4.79 Å². The van der Waals surface area contributed by atoms with Crippen LogP contribution in [-0.2, 0) is 9.59 Å². The fourth-order valence-electron chi connectivity index (χ4n) is 4.25. The maximum Gasteiger partial charge on any atom is 0.325 e. The molecule has 0 bridgehead atoms. The summed E-state index contributed by atoms with van der Waals surface area (Å²) in [5, 5.41) is 5.77. The summed E-state index contributed by atoms with van der Waals surface area (Å²) in [5.74, 6) is -0.159. The maximum atomic E-state index is 12.9. The lowest BCUT2D eigenvalue weighted by Crippen LogP contribution is -2.56. The Labute approximate surface area is 150 Å². The molecule has 2 aliphatic rings. The molecule has 0 aromatic rings. The lowest BCUT2D eigenvalue weighted by atomic mass is 9.73. The number of hydrogen-bond donors (Lipinski definition) is 3. The Balaban J connectivity index is 2.06. The van der Waals surface area contributed by atoms with Crippen molar-refractivity contribution in [2.24, 2.45) is 17.6 Å². The van der Waals surface area contributed by atoms with E-state index >= 15 is 0 Å². The van der Waals surface area contributed by atoms with Crippen molar-refractivity contribution >= 4 is 17.8 Å². The van der Waals surface area contributed by atoms with Crippen LogP contribution in [0.25, 0.3) is 0 Å². The minimum Gasteiger partial charge on any atom is -0.348 e. The zero-order valence-electron chi connectivity index (χ0n) is 15.9. The number of rotatable bonds is 6. The molecular weight excluding hydrogens is 320 g/mol. The lowest BCUT2D eigenvalue weighted by Gasteiger charge is -2.37. The number of carbonyl (C=O) groups excluding carboxylic acids is 3. The number of nitrogens with one attached hydrogen (secondary N) is 2. The molecule has 25 heavy (non-hydrogen) atoms. The van der Waals surface area contributed by atoms with Crippen LogP contribution >= 0.6 is 0 Å². The van der Waals surface area contributed by atoms with Gasteiger partial charge in [0.2, 0.25) is 5.91 Å². The number of nitrogens with zero attached hydrogens (tertiary/aromatic N) is 1. The Hall–Kier alpha value is -1.63. The fraction of sp³-hybridized carbons (Fsp3) is 0.833. The molecule has 7 nitrogen and oxygen atoms in total. The summed E-state index contributed by atoms with van der Waals surface area (Å²) >= 11 is 0. The first kappa shape index (κ1) is 19.7. The first-order chi connectivity index (χ1) is 11.6. The molecule has 4 N–H and O–H groups in total. The predicted octanol–water partition coefficient (Wildman–Crippen LogP) is 1.37. The van der Waals surface area contributed by atoms with Gasteiger partial charge in [-0.3, -0.25) is 14.5 Å². The molecule has 142 valence electrons. The van der Waals surface area contributed by atoms with Crippen LogP contribution in [0.1, 0.15) is 59.8 Å². The Morgan fingerprint density at radius 1 is 1.44 bits per heavy atom. The summed E-state index contributed by atoms with van der Waals surface area (Å²) in [6, 6.07) is -0.466. The Bertz CT molecular complexity index is 550. The standard InChI is InChI=1S/C18H32N4O3/c1-12(2)9-17(4,11-19)20-14(23)10-22-15(24)18(21-16(22)25)8-6-5-7-13(18)3/h12-13H,5-11,19H2,1-4H3,(H,20,23)(H,21,25). The molecule has 7 heteroatoms. The van der Waals surface area contributed by atoms with Gasteiger partial charge in [0.25, 0.3) is 5.91 Å². The molecule has 1 aliphatic heterocycles. The molecular formula is C18H32N4O3. The molecule has 4 amide bonds.